The van der Waals surface area contributed by atoms with Crippen LogP contribution in [0.4, 0.5) is 5.95 Å². The highest BCUT2D eigenvalue weighted by Crippen LogP contribution is 2.35. The molecular formula is C28H32N5O6+. The van der Waals surface area contributed by atoms with Gasteiger partial charge in [0.15, 0.2) is 25.2 Å². The number of carbonyl (C=O) groups excluding carboxylic acids is 1. The van der Waals surface area contributed by atoms with Crippen molar-refractivity contribution in [3.05, 3.63) is 84.2 Å². The van der Waals surface area contributed by atoms with Crippen molar-refractivity contribution in [2.45, 2.75) is 44.1 Å². The molecule has 2 aromatic carbocycles. The number of aliphatic hydroxyl groups is 3. The Kier molecular flexibility index (Phi) is 8.03. The number of anilines is 1. The normalized spacial score (nSPS) is 20.8. The molecule has 39 heavy (non-hydrogen) atoms. The summed E-state index contributed by atoms with van der Waals surface area (Å²) in [5.74, 6) is 0.757. The number of imidazole rings is 1. The van der Waals surface area contributed by atoms with E-state index in [4.69, 9.17) is 15.2 Å². The fraction of sp³-hybridized carbons (Fsp3) is 0.321. The fourth-order valence-corrected chi connectivity index (χ4v) is 4.65. The van der Waals surface area contributed by atoms with E-state index in [1.807, 2.05) is 65.5 Å². The summed E-state index contributed by atoms with van der Waals surface area (Å²) < 4.78 is 15.4. The highest BCUT2D eigenvalue weighted by atomic mass is 16.6. The summed E-state index contributed by atoms with van der Waals surface area (Å²) in [6.45, 7) is 1.27. The number of carbonyl (C=O) groups is 1. The van der Waals surface area contributed by atoms with Crippen LogP contribution in [0.25, 0.3) is 11.0 Å². The van der Waals surface area contributed by atoms with Crippen molar-refractivity contribution in [2.24, 2.45) is 5.73 Å². The zero-order chi connectivity index (χ0) is 27.4. The van der Waals surface area contributed by atoms with Gasteiger partial charge in [0, 0.05) is 25.1 Å². The molecule has 4 aromatic rings. The number of primary amides is 1. The Morgan fingerprint density at radius 3 is 2.64 bits per heavy atom. The van der Waals surface area contributed by atoms with Gasteiger partial charge in [-0.2, -0.15) is 0 Å². The van der Waals surface area contributed by atoms with E-state index >= 15 is 0 Å². The first-order valence-corrected chi connectivity index (χ1v) is 12.8. The van der Waals surface area contributed by atoms with Gasteiger partial charge in [-0.1, -0.05) is 24.3 Å². The number of nitrogens with one attached hydrogen (secondary N) is 1. The van der Waals surface area contributed by atoms with Crippen LogP contribution in [-0.2, 0) is 17.8 Å². The number of para-hydroxylation sites is 2. The van der Waals surface area contributed by atoms with Crippen molar-refractivity contribution in [3.8, 4) is 5.75 Å². The average Bonchev–Trinajstić information content (AvgIpc) is 3.46. The van der Waals surface area contributed by atoms with Gasteiger partial charge in [0.05, 0.1) is 29.8 Å². The highest BCUT2D eigenvalue weighted by molar-refractivity contribution is 5.92. The number of nitrogens with zero attached hydrogens (tertiary/aromatic N) is 3. The van der Waals surface area contributed by atoms with Gasteiger partial charge in [0.1, 0.15) is 24.1 Å². The zero-order valence-electron chi connectivity index (χ0n) is 21.3. The van der Waals surface area contributed by atoms with Crippen LogP contribution in [0.2, 0.25) is 0 Å². The van der Waals surface area contributed by atoms with Crippen molar-refractivity contribution in [3.63, 3.8) is 0 Å². The number of fused-ring (bicyclic) bond motifs is 1. The molecule has 1 fully saturated rings. The summed E-state index contributed by atoms with van der Waals surface area (Å²) in [5.41, 5.74) is 8.15. The van der Waals surface area contributed by atoms with Crippen LogP contribution >= 0.6 is 0 Å². The Labute approximate surface area is 225 Å². The molecule has 1 saturated heterocycles. The number of benzene rings is 2. The fourth-order valence-electron chi connectivity index (χ4n) is 4.65. The predicted molar refractivity (Wildman–Crippen MR) is 142 cm³/mol. The first-order valence-electron chi connectivity index (χ1n) is 12.8. The summed E-state index contributed by atoms with van der Waals surface area (Å²) >= 11 is 0. The Morgan fingerprint density at radius 1 is 1.10 bits per heavy atom. The van der Waals surface area contributed by atoms with Crippen molar-refractivity contribution in [2.75, 3.05) is 18.5 Å². The maximum absolute atomic E-state index is 11.2. The van der Waals surface area contributed by atoms with Crippen LogP contribution in [0.15, 0.2) is 73.1 Å². The summed E-state index contributed by atoms with van der Waals surface area (Å²) in [5, 5.41) is 33.8. The van der Waals surface area contributed by atoms with Gasteiger partial charge in [-0.25, -0.2) is 9.55 Å². The lowest BCUT2D eigenvalue weighted by Gasteiger charge is -2.20. The first kappa shape index (κ1) is 26.6. The molecule has 3 heterocycles. The smallest absolute Gasteiger partial charge is 0.249 e. The standard InChI is InChI=1S/C28H31N5O6/c29-26(37)19-9-12-32(13-10-19)11-4-14-38-20-6-3-5-18(15-20)16-30-28-31-21-7-1-2-8-22(21)33(28)27-25(36)24(35)23(17-34)39-27/h1-3,5-10,12-13,15,23-25,27,34-36H,4,11,14,16-17H2,(H2-,29,30,31,37)/p+1/t23-,24-,25-,27-/m1/s1. The van der Waals surface area contributed by atoms with Gasteiger partial charge in [0.25, 0.3) is 0 Å². The number of rotatable bonds is 11. The SMILES string of the molecule is NC(=O)c1cc[n+](CCCOc2cccc(CNc3nc4ccccc4n3[C@@H]3O[C@H](CO)[C@@H](O)[C@H]3O)c2)cc1. The topological polar surface area (TPSA) is 156 Å². The minimum Gasteiger partial charge on any atom is -0.493 e. The molecule has 0 bridgehead atoms. The highest BCUT2D eigenvalue weighted by Gasteiger charge is 2.44. The van der Waals surface area contributed by atoms with Gasteiger partial charge < -0.3 is 35.8 Å². The predicted octanol–water partition coefficient (Wildman–Crippen LogP) is 1.12. The molecule has 6 N–H and O–H groups in total. The van der Waals surface area contributed by atoms with Crippen LogP contribution in [-0.4, -0.2) is 62.3 Å². The summed E-state index contributed by atoms with van der Waals surface area (Å²) in [6, 6.07) is 18.6. The molecule has 0 unspecified atom stereocenters. The van der Waals surface area contributed by atoms with E-state index in [1.165, 1.54) is 0 Å². The molecule has 11 heteroatoms. The maximum Gasteiger partial charge on any atom is 0.249 e. The second kappa shape index (κ2) is 11.8. The number of pyridine rings is 1. The molecule has 11 nitrogen and oxygen atoms in total. The minimum atomic E-state index is -1.23. The number of ether oxygens (including phenoxy) is 2. The third kappa shape index (κ3) is 5.86. The van der Waals surface area contributed by atoms with Crippen LogP contribution in [0.5, 0.6) is 5.75 Å². The largest absolute Gasteiger partial charge is 0.493 e. The summed E-state index contributed by atoms with van der Waals surface area (Å²) in [6.07, 6.45) is 0.177. The third-order valence-corrected chi connectivity index (χ3v) is 6.72. The number of aromatic nitrogens is 3. The molecular weight excluding hydrogens is 502 g/mol. The molecule has 4 atom stereocenters. The van der Waals surface area contributed by atoms with Gasteiger partial charge in [-0.15, -0.1) is 0 Å². The summed E-state index contributed by atoms with van der Waals surface area (Å²) in [7, 11) is 0. The molecule has 0 spiro atoms. The number of hydrogen-bond acceptors (Lipinski definition) is 8. The van der Waals surface area contributed by atoms with E-state index in [0.717, 1.165) is 29.8 Å². The van der Waals surface area contributed by atoms with E-state index in [2.05, 4.69) is 10.3 Å². The molecule has 0 radical (unpaired) electrons. The number of amides is 1. The third-order valence-electron chi connectivity index (χ3n) is 6.72. The molecule has 2 aromatic heterocycles. The van der Waals surface area contributed by atoms with Crippen LogP contribution < -0.4 is 20.4 Å². The molecule has 0 aliphatic carbocycles. The zero-order valence-corrected chi connectivity index (χ0v) is 21.3. The van der Waals surface area contributed by atoms with E-state index in [1.54, 1.807) is 16.7 Å². The molecule has 204 valence electrons. The van der Waals surface area contributed by atoms with Crippen LogP contribution in [0.1, 0.15) is 28.6 Å². The van der Waals surface area contributed by atoms with Crippen molar-refractivity contribution < 1.29 is 34.2 Å². The van der Waals surface area contributed by atoms with E-state index < -0.39 is 37.1 Å². The number of aryl methyl sites for hydroxylation is 1. The Balaban J connectivity index is 1.22. The number of hydrogen-bond donors (Lipinski definition) is 5. The van der Waals surface area contributed by atoms with Gasteiger partial charge in [0.2, 0.25) is 11.9 Å². The van der Waals surface area contributed by atoms with E-state index in [9.17, 15) is 20.1 Å². The number of aliphatic hydroxyl groups excluding tert-OH is 3. The van der Waals surface area contributed by atoms with Crippen LogP contribution in [0.3, 0.4) is 0 Å². The first-order chi connectivity index (χ1) is 18.9. The minimum absolute atomic E-state index is 0.406. The van der Waals surface area contributed by atoms with Gasteiger partial charge >= 0.3 is 0 Å². The van der Waals surface area contributed by atoms with Crippen molar-refractivity contribution in [1.82, 2.24) is 9.55 Å². The average molecular weight is 535 g/mol. The van der Waals surface area contributed by atoms with Gasteiger partial charge in [-0.05, 0) is 29.8 Å². The molecule has 5 rings (SSSR count). The summed E-state index contributed by atoms with van der Waals surface area (Å²) in [4.78, 5) is 15.9. The molecule has 1 amide bonds. The Morgan fingerprint density at radius 2 is 1.90 bits per heavy atom. The van der Waals surface area contributed by atoms with Crippen molar-refractivity contribution in [1.29, 1.82) is 0 Å². The lowest BCUT2D eigenvalue weighted by Crippen LogP contribution is -2.34. The second-order valence-electron chi connectivity index (χ2n) is 9.41. The number of nitrogens with two attached hydrogens (primary N) is 1. The van der Waals surface area contributed by atoms with E-state index in [-0.39, 0.29) is 0 Å². The van der Waals surface area contributed by atoms with Crippen molar-refractivity contribution >= 4 is 22.9 Å². The molecule has 1 aliphatic heterocycles. The Hall–Kier alpha value is -4.03. The quantitative estimate of drug-likeness (QED) is 0.142. The van der Waals surface area contributed by atoms with Gasteiger partial charge in [-0.3, -0.25) is 9.36 Å². The second-order valence-corrected chi connectivity index (χ2v) is 9.41. The lowest BCUT2D eigenvalue weighted by atomic mass is 10.1. The molecule has 0 saturated carbocycles. The van der Waals surface area contributed by atoms with E-state index in [0.29, 0.717) is 30.2 Å². The van der Waals surface area contributed by atoms with Crippen LogP contribution in [0, 0.1) is 0 Å². The monoisotopic (exact) mass is 534 g/mol. The Bertz CT molecular complexity index is 1430. The maximum atomic E-state index is 11.2. The molecule has 1 aliphatic rings. The lowest BCUT2D eigenvalue weighted by molar-refractivity contribution is -0.697.